The van der Waals surface area contributed by atoms with Crippen LogP contribution in [0, 0.1) is 23.7 Å². The molecule has 0 aliphatic heterocycles. The lowest BCUT2D eigenvalue weighted by molar-refractivity contribution is 0.0913. The first-order chi connectivity index (χ1) is 15.8. The Kier molecular flexibility index (Phi) is 17.1. The van der Waals surface area contributed by atoms with Gasteiger partial charge in [0.25, 0.3) is 0 Å². The van der Waals surface area contributed by atoms with Crippen molar-refractivity contribution in [3.8, 4) is 0 Å². The lowest BCUT2D eigenvalue weighted by Crippen LogP contribution is -2.31. The molecule has 2 fully saturated rings. The fraction of sp³-hybridized carbons (Fsp3) is 1.00. The minimum absolute atomic E-state index is 1.07. The average Bonchev–Trinajstić information content (AvgIpc) is 2.83. The third-order valence-electron chi connectivity index (χ3n) is 9.35. The van der Waals surface area contributed by atoms with Crippen LogP contribution in [0.15, 0.2) is 0 Å². The summed E-state index contributed by atoms with van der Waals surface area (Å²) in [6.07, 6.45) is 39.2. The number of unbranched alkanes of at least 4 members (excludes halogenated alkanes) is 15. The molecule has 0 heterocycles. The lowest BCUT2D eigenvalue weighted by Gasteiger charge is -2.42. The van der Waals surface area contributed by atoms with Crippen LogP contribution in [-0.4, -0.2) is 0 Å². The van der Waals surface area contributed by atoms with E-state index in [2.05, 4.69) is 13.8 Å². The molecular formula is C32H62. The highest BCUT2D eigenvalue weighted by atomic mass is 14.4. The molecule has 4 unspecified atom stereocenters. The Morgan fingerprint density at radius 3 is 1.50 bits per heavy atom. The summed E-state index contributed by atoms with van der Waals surface area (Å²) in [6, 6.07) is 0. The van der Waals surface area contributed by atoms with Gasteiger partial charge in [-0.2, -0.15) is 0 Å². The first-order valence-corrected chi connectivity index (χ1v) is 15.8. The van der Waals surface area contributed by atoms with Gasteiger partial charge in [0.05, 0.1) is 0 Å². The molecule has 4 atom stereocenters. The van der Waals surface area contributed by atoms with E-state index in [-0.39, 0.29) is 0 Å². The fourth-order valence-corrected chi connectivity index (χ4v) is 7.20. The van der Waals surface area contributed by atoms with Crippen LogP contribution in [0.1, 0.15) is 181 Å². The molecule has 2 saturated carbocycles. The molecule has 0 nitrogen and oxygen atoms in total. The summed E-state index contributed by atoms with van der Waals surface area (Å²) >= 11 is 0. The third kappa shape index (κ3) is 12.5. The summed E-state index contributed by atoms with van der Waals surface area (Å²) in [6.45, 7) is 4.70. The highest BCUT2D eigenvalue weighted by molar-refractivity contribution is 4.86. The normalized spacial score (nSPS) is 24.4. The molecule has 0 aromatic carbocycles. The summed E-state index contributed by atoms with van der Waals surface area (Å²) in [7, 11) is 0. The number of hydrogen-bond acceptors (Lipinski definition) is 0. The molecule has 0 aromatic heterocycles. The maximum atomic E-state index is 2.39. The second-order valence-electron chi connectivity index (χ2n) is 12.0. The van der Waals surface area contributed by atoms with Crippen molar-refractivity contribution >= 4 is 0 Å². The van der Waals surface area contributed by atoms with Crippen LogP contribution in [0.3, 0.4) is 0 Å². The maximum absolute atomic E-state index is 2.39. The van der Waals surface area contributed by atoms with Crippen LogP contribution < -0.4 is 0 Å². The van der Waals surface area contributed by atoms with Crippen molar-refractivity contribution in [2.45, 2.75) is 181 Å². The van der Waals surface area contributed by atoms with Gasteiger partial charge in [-0.25, -0.2) is 0 Å². The molecule has 0 heteroatoms. The Morgan fingerprint density at radius 1 is 0.469 bits per heavy atom. The van der Waals surface area contributed by atoms with E-state index in [1.807, 2.05) is 0 Å². The lowest BCUT2D eigenvalue weighted by atomic mass is 9.64. The number of hydrogen-bond donors (Lipinski definition) is 0. The van der Waals surface area contributed by atoms with E-state index >= 15 is 0 Å². The molecule has 190 valence electrons. The van der Waals surface area contributed by atoms with Crippen molar-refractivity contribution in [2.75, 3.05) is 0 Å². The topological polar surface area (TPSA) is 0 Å². The summed E-state index contributed by atoms with van der Waals surface area (Å²) < 4.78 is 0. The zero-order valence-corrected chi connectivity index (χ0v) is 22.7. The fourth-order valence-electron chi connectivity index (χ4n) is 7.20. The minimum Gasteiger partial charge on any atom is -0.0654 e. The molecule has 2 aliphatic rings. The number of fused-ring (bicyclic) bond motifs is 1. The van der Waals surface area contributed by atoms with Gasteiger partial charge in [0.15, 0.2) is 0 Å². The van der Waals surface area contributed by atoms with Crippen LogP contribution in [0.5, 0.6) is 0 Å². The van der Waals surface area contributed by atoms with Crippen molar-refractivity contribution < 1.29 is 0 Å². The van der Waals surface area contributed by atoms with Gasteiger partial charge in [-0.1, -0.05) is 162 Å². The highest BCUT2D eigenvalue weighted by Gasteiger charge is 2.34. The second-order valence-corrected chi connectivity index (χ2v) is 12.0. The molecule has 0 N–H and O–H groups in total. The first kappa shape index (κ1) is 28.2. The molecule has 2 rings (SSSR count). The van der Waals surface area contributed by atoms with Crippen LogP contribution in [0.4, 0.5) is 0 Å². The van der Waals surface area contributed by atoms with Crippen molar-refractivity contribution in [1.29, 1.82) is 0 Å². The smallest absolute Gasteiger partial charge is 0.0383 e. The summed E-state index contributed by atoms with van der Waals surface area (Å²) in [5.41, 5.74) is 0. The van der Waals surface area contributed by atoms with Crippen molar-refractivity contribution in [2.24, 2.45) is 23.7 Å². The average molecular weight is 447 g/mol. The van der Waals surface area contributed by atoms with E-state index in [9.17, 15) is 0 Å². The van der Waals surface area contributed by atoms with E-state index in [0.29, 0.717) is 0 Å². The predicted octanol–water partition coefficient (Wildman–Crippen LogP) is 11.7. The Labute approximate surface area is 204 Å². The molecule has 0 amide bonds. The van der Waals surface area contributed by atoms with E-state index in [0.717, 1.165) is 23.7 Å². The zero-order chi connectivity index (χ0) is 22.7. The highest BCUT2D eigenvalue weighted by Crippen LogP contribution is 2.46. The molecule has 0 spiro atoms. The first-order valence-electron chi connectivity index (χ1n) is 15.8. The van der Waals surface area contributed by atoms with Gasteiger partial charge < -0.3 is 0 Å². The Morgan fingerprint density at radius 2 is 0.938 bits per heavy atom. The van der Waals surface area contributed by atoms with Gasteiger partial charge >= 0.3 is 0 Å². The molecule has 0 saturated heterocycles. The van der Waals surface area contributed by atoms with E-state index < -0.39 is 0 Å². The van der Waals surface area contributed by atoms with Crippen molar-refractivity contribution in [3.05, 3.63) is 0 Å². The van der Waals surface area contributed by atoms with Crippen molar-refractivity contribution in [3.63, 3.8) is 0 Å². The van der Waals surface area contributed by atoms with Crippen LogP contribution >= 0.6 is 0 Å². The van der Waals surface area contributed by atoms with Crippen LogP contribution in [0.25, 0.3) is 0 Å². The molecule has 0 radical (unpaired) electrons. The van der Waals surface area contributed by atoms with Crippen LogP contribution in [0.2, 0.25) is 0 Å². The molecule has 0 bridgehead atoms. The monoisotopic (exact) mass is 446 g/mol. The van der Waals surface area contributed by atoms with Gasteiger partial charge in [0.1, 0.15) is 0 Å². The predicted molar refractivity (Wildman–Crippen MR) is 145 cm³/mol. The van der Waals surface area contributed by atoms with Gasteiger partial charge in [-0.3, -0.25) is 0 Å². The summed E-state index contributed by atoms with van der Waals surface area (Å²) in [4.78, 5) is 0. The molecular weight excluding hydrogens is 384 g/mol. The second kappa shape index (κ2) is 19.3. The minimum atomic E-state index is 1.07. The van der Waals surface area contributed by atoms with Crippen LogP contribution in [-0.2, 0) is 0 Å². The summed E-state index contributed by atoms with van der Waals surface area (Å²) in [5, 5.41) is 0. The summed E-state index contributed by atoms with van der Waals surface area (Å²) in [5.74, 6) is 4.40. The molecule has 32 heavy (non-hydrogen) atoms. The van der Waals surface area contributed by atoms with Gasteiger partial charge in [-0.15, -0.1) is 0 Å². The third-order valence-corrected chi connectivity index (χ3v) is 9.35. The number of rotatable bonds is 20. The largest absolute Gasteiger partial charge is 0.0654 e. The Bertz CT molecular complexity index is 399. The Balaban J connectivity index is 1.44. The van der Waals surface area contributed by atoms with Gasteiger partial charge in [-0.05, 0) is 42.9 Å². The quantitative estimate of drug-likeness (QED) is 0.163. The zero-order valence-electron chi connectivity index (χ0n) is 22.7. The van der Waals surface area contributed by atoms with Crippen molar-refractivity contribution in [1.82, 2.24) is 0 Å². The SMILES string of the molecule is CCCCCCCCCCCCCCCCCC(CCCC)C1CCC2CCCCC2C1. The van der Waals surface area contributed by atoms with E-state index in [4.69, 9.17) is 0 Å². The molecule has 2 aliphatic carbocycles. The Hall–Kier alpha value is 0. The van der Waals surface area contributed by atoms with E-state index in [1.165, 1.54) is 128 Å². The maximum Gasteiger partial charge on any atom is -0.0383 e. The van der Waals surface area contributed by atoms with Gasteiger partial charge in [0.2, 0.25) is 0 Å². The molecule has 0 aromatic rings. The standard InChI is InChI=1S/C32H62/c1-3-5-7-8-9-10-11-12-13-14-15-16-17-18-19-23-29(22-6-4-2)32-27-26-30-24-20-21-25-31(30)28-32/h29-32H,3-28H2,1-2H3. The van der Waals surface area contributed by atoms with Gasteiger partial charge in [0, 0.05) is 0 Å². The van der Waals surface area contributed by atoms with E-state index in [1.54, 1.807) is 38.5 Å².